The third-order valence-electron chi connectivity index (χ3n) is 4.82. The highest BCUT2D eigenvalue weighted by atomic mass is 15.2. The number of rotatable bonds is 3. The number of pyridine rings is 1. The van der Waals surface area contributed by atoms with Gasteiger partial charge in [-0.25, -0.2) is 4.98 Å². The Morgan fingerprint density at radius 2 is 1.48 bits per heavy atom. The average molecular weight is 354 g/mol. The number of aryl methyl sites for hydroxylation is 4. The van der Waals surface area contributed by atoms with E-state index in [1.54, 1.807) is 0 Å². The third kappa shape index (κ3) is 3.38. The molecule has 0 aliphatic heterocycles. The lowest BCUT2D eigenvalue weighted by Gasteiger charge is -2.04. The van der Waals surface area contributed by atoms with Crippen LogP contribution in [0.4, 0.5) is 11.5 Å². The molecule has 0 N–H and O–H groups in total. The van der Waals surface area contributed by atoms with Crippen molar-refractivity contribution in [2.45, 2.75) is 27.7 Å². The van der Waals surface area contributed by atoms with Crippen LogP contribution in [0, 0.1) is 27.7 Å². The molecule has 134 valence electrons. The summed E-state index contributed by atoms with van der Waals surface area (Å²) in [6.07, 6.45) is 2.05. The van der Waals surface area contributed by atoms with E-state index in [9.17, 15) is 0 Å². The van der Waals surface area contributed by atoms with Crippen molar-refractivity contribution in [1.82, 2.24) is 9.38 Å². The second-order valence-electron chi connectivity index (χ2n) is 7.05. The number of hydrogen-bond acceptors (Lipinski definition) is 3. The predicted molar refractivity (Wildman–Crippen MR) is 110 cm³/mol. The first-order chi connectivity index (χ1) is 13.0. The van der Waals surface area contributed by atoms with E-state index < -0.39 is 0 Å². The molecule has 4 nitrogen and oxygen atoms in total. The minimum absolute atomic E-state index is 0.748. The van der Waals surface area contributed by atoms with Crippen LogP contribution < -0.4 is 0 Å². The summed E-state index contributed by atoms with van der Waals surface area (Å²) >= 11 is 0. The zero-order chi connectivity index (χ0) is 19.0. The van der Waals surface area contributed by atoms with Crippen LogP contribution in [0.1, 0.15) is 22.3 Å². The summed E-state index contributed by atoms with van der Waals surface area (Å²) in [7, 11) is 0. The van der Waals surface area contributed by atoms with Crippen molar-refractivity contribution in [3.05, 3.63) is 83.0 Å². The zero-order valence-electron chi connectivity index (χ0n) is 16.1. The molecule has 27 heavy (non-hydrogen) atoms. The van der Waals surface area contributed by atoms with Gasteiger partial charge in [-0.05, 0) is 68.7 Å². The van der Waals surface area contributed by atoms with Gasteiger partial charge in [-0.2, -0.15) is 0 Å². The maximum Gasteiger partial charge on any atom is 0.187 e. The Kier molecular flexibility index (Phi) is 4.32. The Hall–Kier alpha value is -3.27. The fourth-order valence-corrected chi connectivity index (χ4v) is 3.03. The SMILES string of the molecule is Cc1ccc(N=Nc2c(-c3ccc(C)c(C)c3)nc3ccc(C)cn23)cc1. The highest BCUT2D eigenvalue weighted by Crippen LogP contribution is 2.33. The zero-order valence-corrected chi connectivity index (χ0v) is 16.1. The summed E-state index contributed by atoms with van der Waals surface area (Å²) in [5.74, 6) is 0.748. The molecule has 0 bridgehead atoms. The van der Waals surface area contributed by atoms with Crippen LogP contribution >= 0.6 is 0 Å². The fourth-order valence-electron chi connectivity index (χ4n) is 3.03. The second kappa shape index (κ2) is 6.80. The molecule has 0 unspecified atom stereocenters. The summed E-state index contributed by atoms with van der Waals surface area (Å²) < 4.78 is 2.01. The Bertz CT molecular complexity index is 1150. The minimum atomic E-state index is 0.748. The smallest absolute Gasteiger partial charge is 0.187 e. The summed E-state index contributed by atoms with van der Waals surface area (Å²) in [5, 5.41) is 9.05. The molecule has 4 rings (SSSR count). The van der Waals surface area contributed by atoms with Crippen molar-refractivity contribution in [2.24, 2.45) is 10.2 Å². The van der Waals surface area contributed by atoms with Crippen LogP contribution in [0.3, 0.4) is 0 Å². The van der Waals surface area contributed by atoms with E-state index >= 15 is 0 Å². The van der Waals surface area contributed by atoms with Gasteiger partial charge >= 0.3 is 0 Å². The molecule has 4 aromatic rings. The van der Waals surface area contributed by atoms with Gasteiger partial charge in [0, 0.05) is 11.8 Å². The van der Waals surface area contributed by atoms with E-state index in [0.29, 0.717) is 0 Å². The normalized spacial score (nSPS) is 11.6. The van der Waals surface area contributed by atoms with Gasteiger partial charge in [-0.15, -0.1) is 10.2 Å². The van der Waals surface area contributed by atoms with Gasteiger partial charge in [0.25, 0.3) is 0 Å². The van der Waals surface area contributed by atoms with Crippen LogP contribution in [-0.2, 0) is 0 Å². The van der Waals surface area contributed by atoms with Gasteiger partial charge in [0.05, 0.1) is 5.69 Å². The highest BCUT2D eigenvalue weighted by molar-refractivity contribution is 5.75. The first kappa shape index (κ1) is 17.2. The molecule has 0 saturated carbocycles. The second-order valence-corrected chi connectivity index (χ2v) is 7.05. The van der Waals surface area contributed by atoms with Gasteiger partial charge in [-0.1, -0.05) is 35.9 Å². The van der Waals surface area contributed by atoms with E-state index in [-0.39, 0.29) is 0 Å². The van der Waals surface area contributed by atoms with Crippen LogP contribution in [-0.4, -0.2) is 9.38 Å². The Labute approximate surface area is 159 Å². The van der Waals surface area contributed by atoms with Crippen molar-refractivity contribution >= 4 is 17.2 Å². The number of nitrogens with zero attached hydrogens (tertiary/aromatic N) is 4. The largest absolute Gasteiger partial charge is 0.282 e. The van der Waals surface area contributed by atoms with Gasteiger partial charge in [0.2, 0.25) is 0 Å². The monoisotopic (exact) mass is 354 g/mol. The van der Waals surface area contributed by atoms with Gasteiger partial charge < -0.3 is 0 Å². The van der Waals surface area contributed by atoms with E-state index in [4.69, 9.17) is 4.98 Å². The highest BCUT2D eigenvalue weighted by Gasteiger charge is 2.15. The maximum absolute atomic E-state index is 4.83. The number of fused-ring (bicyclic) bond motifs is 1. The fraction of sp³-hybridized carbons (Fsp3) is 0.174. The van der Waals surface area contributed by atoms with E-state index in [1.165, 1.54) is 16.7 Å². The first-order valence-electron chi connectivity index (χ1n) is 9.06. The molecule has 0 radical (unpaired) electrons. The van der Waals surface area contributed by atoms with Crippen molar-refractivity contribution in [2.75, 3.05) is 0 Å². The Morgan fingerprint density at radius 3 is 2.22 bits per heavy atom. The molecule has 0 saturated heterocycles. The third-order valence-corrected chi connectivity index (χ3v) is 4.82. The molecular formula is C23H22N4. The molecule has 0 fully saturated rings. The number of imidazole rings is 1. The van der Waals surface area contributed by atoms with Crippen LogP contribution in [0.25, 0.3) is 16.9 Å². The molecule has 2 heterocycles. The number of benzene rings is 2. The predicted octanol–water partition coefficient (Wildman–Crippen LogP) is 6.65. The topological polar surface area (TPSA) is 42.0 Å². The molecule has 0 aliphatic carbocycles. The van der Waals surface area contributed by atoms with Crippen molar-refractivity contribution in [1.29, 1.82) is 0 Å². The molecular weight excluding hydrogens is 332 g/mol. The number of azo groups is 1. The van der Waals surface area contributed by atoms with Gasteiger partial charge in [0.1, 0.15) is 11.3 Å². The van der Waals surface area contributed by atoms with Crippen molar-refractivity contribution in [3.63, 3.8) is 0 Å². The summed E-state index contributed by atoms with van der Waals surface area (Å²) in [6, 6.07) is 18.5. The quantitative estimate of drug-likeness (QED) is 0.380. The summed E-state index contributed by atoms with van der Waals surface area (Å²) in [5.41, 5.74) is 8.45. The minimum Gasteiger partial charge on any atom is -0.282 e. The van der Waals surface area contributed by atoms with Gasteiger partial charge in [0.15, 0.2) is 5.82 Å². The molecule has 0 aliphatic rings. The van der Waals surface area contributed by atoms with Crippen LogP contribution in [0.2, 0.25) is 0 Å². The molecule has 4 heteroatoms. The lowest BCUT2D eigenvalue weighted by Crippen LogP contribution is -1.85. The van der Waals surface area contributed by atoms with E-state index in [1.807, 2.05) is 34.7 Å². The van der Waals surface area contributed by atoms with Crippen molar-refractivity contribution < 1.29 is 0 Å². The molecule has 0 amide bonds. The van der Waals surface area contributed by atoms with E-state index in [0.717, 1.165) is 34.0 Å². The molecule has 0 spiro atoms. The lowest BCUT2D eigenvalue weighted by atomic mass is 10.0. The van der Waals surface area contributed by atoms with Crippen molar-refractivity contribution in [3.8, 4) is 11.3 Å². The summed E-state index contributed by atoms with van der Waals surface area (Å²) in [4.78, 5) is 4.83. The van der Waals surface area contributed by atoms with Crippen LogP contribution in [0.5, 0.6) is 0 Å². The van der Waals surface area contributed by atoms with Gasteiger partial charge in [-0.3, -0.25) is 4.40 Å². The van der Waals surface area contributed by atoms with Crippen LogP contribution in [0.15, 0.2) is 71.0 Å². The first-order valence-corrected chi connectivity index (χ1v) is 9.06. The number of hydrogen-bond donors (Lipinski definition) is 0. The maximum atomic E-state index is 4.83. The Morgan fingerprint density at radius 1 is 0.741 bits per heavy atom. The molecule has 0 atom stereocenters. The Balaban J connectivity index is 1.89. The standard InChI is InChI=1S/C23H22N4/c1-15-5-10-20(11-6-15)25-26-23-22(19-9-8-17(3)18(4)13-19)24-21-12-7-16(2)14-27(21)23/h5-14H,1-4H3. The average Bonchev–Trinajstić information content (AvgIpc) is 3.01. The lowest BCUT2D eigenvalue weighted by molar-refractivity contribution is 1.09. The molecule has 2 aromatic carbocycles. The van der Waals surface area contributed by atoms with E-state index in [2.05, 4.69) is 68.4 Å². The number of aromatic nitrogens is 2. The summed E-state index contributed by atoms with van der Waals surface area (Å²) in [6.45, 7) is 8.36. The molecule has 2 aromatic heterocycles.